The zero-order valence-corrected chi connectivity index (χ0v) is 8.92. The van der Waals surface area contributed by atoms with E-state index in [-0.39, 0.29) is 5.92 Å². The lowest BCUT2D eigenvalue weighted by atomic mass is 9.84. The maximum atomic E-state index is 11.0. The highest BCUT2D eigenvalue weighted by Crippen LogP contribution is 2.26. The Bertz CT molecular complexity index is 319. The summed E-state index contributed by atoms with van der Waals surface area (Å²) in [6.45, 7) is 3.33. The molecule has 0 aliphatic carbocycles. The van der Waals surface area contributed by atoms with E-state index >= 15 is 0 Å². The molecule has 2 N–H and O–H groups in total. The van der Waals surface area contributed by atoms with Crippen LogP contribution in [0.1, 0.15) is 25.3 Å². The second kappa shape index (κ2) is 4.94. The number of aliphatic carboxylic acids is 1. The monoisotopic (exact) mass is 208 g/mol. The molecule has 0 amide bonds. The molecule has 15 heavy (non-hydrogen) atoms. The predicted octanol–water partition coefficient (Wildman–Crippen LogP) is 1.87. The van der Waals surface area contributed by atoms with Crippen molar-refractivity contribution in [3.8, 4) is 0 Å². The minimum Gasteiger partial charge on any atom is -0.481 e. The first-order valence-electron chi connectivity index (χ1n) is 5.00. The van der Waals surface area contributed by atoms with Crippen molar-refractivity contribution in [3.05, 3.63) is 35.9 Å². The maximum Gasteiger partial charge on any atom is 0.309 e. The fourth-order valence-electron chi connectivity index (χ4n) is 1.80. The molecule has 0 spiro atoms. The third-order valence-electron chi connectivity index (χ3n) is 2.67. The fourth-order valence-corrected chi connectivity index (χ4v) is 1.80. The summed E-state index contributed by atoms with van der Waals surface area (Å²) in [7, 11) is 0. The van der Waals surface area contributed by atoms with Crippen molar-refractivity contribution in [1.29, 1.82) is 0 Å². The molecule has 3 nitrogen and oxygen atoms in total. The number of aliphatic hydroxyl groups is 1. The van der Waals surface area contributed by atoms with E-state index in [1.807, 2.05) is 37.3 Å². The van der Waals surface area contributed by atoms with E-state index in [1.54, 1.807) is 0 Å². The Morgan fingerprint density at radius 2 is 1.73 bits per heavy atom. The normalized spacial score (nSPS) is 16.7. The SMILES string of the molecule is C[C@H](c1ccccc1)[C@@H](C(=O)O)[C@@H](C)O. The summed E-state index contributed by atoms with van der Waals surface area (Å²) in [4.78, 5) is 11.0. The summed E-state index contributed by atoms with van der Waals surface area (Å²) in [6.07, 6.45) is -0.849. The van der Waals surface area contributed by atoms with Crippen LogP contribution >= 0.6 is 0 Å². The number of hydrogen-bond acceptors (Lipinski definition) is 2. The first-order chi connectivity index (χ1) is 7.04. The molecular weight excluding hydrogens is 192 g/mol. The second-order valence-electron chi connectivity index (χ2n) is 3.80. The van der Waals surface area contributed by atoms with Crippen LogP contribution in [0.15, 0.2) is 30.3 Å². The molecule has 3 heteroatoms. The van der Waals surface area contributed by atoms with Crippen LogP contribution in [0.3, 0.4) is 0 Å². The summed E-state index contributed by atoms with van der Waals surface area (Å²) < 4.78 is 0. The Kier molecular flexibility index (Phi) is 3.86. The van der Waals surface area contributed by atoms with Crippen molar-refractivity contribution in [1.82, 2.24) is 0 Å². The zero-order chi connectivity index (χ0) is 11.4. The summed E-state index contributed by atoms with van der Waals surface area (Å²) in [5, 5.41) is 18.4. The lowest BCUT2D eigenvalue weighted by Crippen LogP contribution is -2.30. The second-order valence-corrected chi connectivity index (χ2v) is 3.80. The molecule has 0 unspecified atom stereocenters. The van der Waals surface area contributed by atoms with Crippen LogP contribution in [0.2, 0.25) is 0 Å². The van der Waals surface area contributed by atoms with E-state index in [0.717, 1.165) is 5.56 Å². The van der Waals surface area contributed by atoms with Crippen molar-refractivity contribution >= 4 is 5.97 Å². The summed E-state index contributed by atoms with van der Waals surface area (Å²) >= 11 is 0. The van der Waals surface area contributed by atoms with Gasteiger partial charge in [-0.25, -0.2) is 0 Å². The van der Waals surface area contributed by atoms with Crippen LogP contribution in [-0.2, 0) is 4.79 Å². The van der Waals surface area contributed by atoms with Gasteiger partial charge in [-0.2, -0.15) is 0 Å². The molecule has 0 saturated carbocycles. The van der Waals surface area contributed by atoms with Crippen LogP contribution in [0, 0.1) is 5.92 Å². The Morgan fingerprint density at radius 3 is 2.13 bits per heavy atom. The van der Waals surface area contributed by atoms with E-state index in [9.17, 15) is 9.90 Å². The number of carboxylic acid groups (broad SMARTS) is 1. The molecule has 82 valence electrons. The number of benzene rings is 1. The summed E-state index contributed by atoms with van der Waals surface area (Å²) in [5.41, 5.74) is 0.936. The van der Waals surface area contributed by atoms with E-state index in [0.29, 0.717) is 0 Å². The van der Waals surface area contributed by atoms with Crippen LogP contribution in [0.5, 0.6) is 0 Å². The van der Waals surface area contributed by atoms with Gasteiger partial charge in [0.05, 0.1) is 12.0 Å². The third kappa shape index (κ3) is 2.80. The number of carboxylic acids is 1. The molecule has 0 fully saturated rings. The first kappa shape index (κ1) is 11.7. The minimum atomic E-state index is -0.957. The highest BCUT2D eigenvalue weighted by molar-refractivity contribution is 5.72. The molecule has 0 bridgehead atoms. The van der Waals surface area contributed by atoms with Crippen molar-refractivity contribution in [2.24, 2.45) is 5.92 Å². The fraction of sp³-hybridized carbons (Fsp3) is 0.417. The van der Waals surface area contributed by atoms with Crippen molar-refractivity contribution in [2.75, 3.05) is 0 Å². The maximum absolute atomic E-state index is 11.0. The minimum absolute atomic E-state index is 0.191. The van der Waals surface area contributed by atoms with Gasteiger partial charge in [-0.3, -0.25) is 4.79 Å². The van der Waals surface area contributed by atoms with Gasteiger partial charge in [0.1, 0.15) is 0 Å². The average Bonchev–Trinajstić information content (AvgIpc) is 2.18. The van der Waals surface area contributed by atoms with Crippen molar-refractivity contribution in [3.63, 3.8) is 0 Å². The van der Waals surface area contributed by atoms with E-state index in [4.69, 9.17) is 5.11 Å². The van der Waals surface area contributed by atoms with Crippen LogP contribution in [-0.4, -0.2) is 22.3 Å². The van der Waals surface area contributed by atoms with Gasteiger partial charge >= 0.3 is 5.97 Å². The van der Waals surface area contributed by atoms with Gasteiger partial charge < -0.3 is 10.2 Å². The van der Waals surface area contributed by atoms with E-state index in [1.165, 1.54) is 6.92 Å². The van der Waals surface area contributed by atoms with Crippen LogP contribution in [0.4, 0.5) is 0 Å². The largest absolute Gasteiger partial charge is 0.481 e. The summed E-state index contributed by atoms with van der Waals surface area (Å²) in [6, 6.07) is 9.37. The van der Waals surface area contributed by atoms with Crippen molar-refractivity contribution in [2.45, 2.75) is 25.9 Å². The Hall–Kier alpha value is -1.35. The van der Waals surface area contributed by atoms with Gasteiger partial charge in [0, 0.05) is 0 Å². The highest BCUT2D eigenvalue weighted by Gasteiger charge is 2.30. The predicted molar refractivity (Wildman–Crippen MR) is 57.7 cm³/mol. The molecule has 0 radical (unpaired) electrons. The molecule has 0 aromatic heterocycles. The quantitative estimate of drug-likeness (QED) is 0.794. The smallest absolute Gasteiger partial charge is 0.309 e. The van der Waals surface area contributed by atoms with E-state index < -0.39 is 18.0 Å². The molecule has 0 aliphatic heterocycles. The molecule has 1 rings (SSSR count). The average molecular weight is 208 g/mol. The Balaban J connectivity index is 2.91. The number of rotatable bonds is 4. The molecule has 1 aromatic carbocycles. The number of hydrogen-bond donors (Lipinski definition) is 2. The number of carbonyl (C=O) groups is 1. The van der Waals surface area contributed by atoms with Gasteiger partial charge in [0.25, 0.3) is 0 Å². The summed E-state index contributed by atoms with van der Waals surface area (Å²) in [5.74, 6) is -1.91. The van der Waals surface area contributed by atoms with Gasteiger partial charge in [-0.15, -0.1) is 0 Å². The Morgan fingerprint density at radius 1 is 1.20 bits per heavy atom. The van der Waals surface area contributed by atoms with Gasteiger partial charge in [-0.05, 0) is 18.4 Å². The molecule has 1 aromatic rings. The first-order valence-corrected chi connectivity index (χ1v) is 5.00. The van der Waals surface area contributed by atoms with Gasteiger partial charge in [0.2, 0.25) is 0 Å². The molecule has 3 atom stereocenters. The van der Waals surface area contributed by atoms with Gasteiger partial charge in [-0.1, -0.05) is 37.3 Å². The number of aliphatic hydroxyl groups excluding tert-OH is 1. The van der Waals surface area contributed by atoms with Gasteiger partial charge in [0.15, 0.2) is 0 Å². The Labute approximate surface area is 89.4 Å². The topological polar surface area (TPSA) is 57.5 Å². The zero-order valence-electron chi connectivity index (χ0n) is 8.92. The molecular formula is C12H16O3. The van der Waals surface area contributed by atoms with Crippen molar-refractivity contribution < 1.29 is 15.0 Å². The third-order valence-corrected chi connectivity index (χ3v) is 2.67. The van der Waals surface area contributed by atoms with E-state index in [2.05, 4.69) is 0 Å². The molecule has 0 heterocycles. The molecule has 0 aliphatic rings. The van der Waals surface area contributed by atoms with Crippen LogP contribution < -0.4 is 0 Å². The van der Waals surface area contributed by atoms with Crippen LogP contribution in [0.25, 0.3) is 0 Å². The standard InChI is InChI=1S/C12H16O3/c1-8(10-6-4-3-5-7-10)11(9(2)13)12(14)15/h3-9,11,13H,1-2H3,(H,14,15)/t8-,9-,11-/m1/s1. The lowest BCUT2D eigenvalue weighted by Gasteiger charge is -2.22. The highest BCUT2D eigenvalue weighted by atomic mass is 16.4. The molecule has 0 saturated heterocycles. The lowest BCUT2D eigenvalue weighted by molar-refractivity contribution is -0.146.